The van der Waals surface area contributed by atoms with Crippen LogP contribution in [0.25, 0.3) is 5.32 Å². The molecule has 0 bridgehead atoms. The van der Waals surface area contributed by atoms with Crippen LogP contribution in [-0.4, -0.2) is 18.1 Å². The molecule has 0 spiro atoms. The van der Waals surface area contributed by atoms with Gasteiger partial charge in [-0.3, -0.25) is 0 Å². The third kappa shape index (κ3) is 3.94. The zero-order chi connectivity index (χ0) is 9.84. The predicted octanol–water partition coefficient (Wildman–Crippen LogP) is -0.410. The van der Waals surface area contributed by atoms with Gasteiger partial charge in [-0.1, -0.05) is 20.3 Å². The number of amides is 1. The Kier molecular flexibility index (Phi) is 8.86. The molecule has 0 aromatic rings. The van der Waals surface area contributed by atoms with E-state index >= 15 is 0 Å². The van der Waals surface area contributed by atoms with Gasteiger partial charge in [-0.25, -0.2) is 0 Å². The van der Waals surface area contributed by atoms with Crippen LogP contribution < -0.4 is 58.2 Å². The molecule has 4 heteroatoms. The van der Waals surface area contributed by atoms with E-state index in [1.54, 1.807) is 0 Å². The van der Waals surface area contributed by atoms with Gasteiger partial charge < -0.3 is 10.1 Å². The molecular formula is C10H19NOPRb. The fourth-order valence-electron chi connectivity index (χ4n) is 2.25. The minimum absolute atomic E-state index is 0. The summed E-state index contributed by atoms with van der Waals surface area (Å²) in [5.41, 5.74) is 0.669. The minimum atomic E-state index is 0. The molecule has 4 unspecified atom stereocenters. The fourth-order valence-corrected chi connectivity index (χ4v) is 2.89. The van der Waals surface area contributed by atoms with E-state index in [1.165, 1.54) is 6.42 Å². The van der Waals surface area contributed by atoms with E-state index < -0.39 is 0 Å². The van der Waals surface area contributed by atoms with Gasteiger partial charge in [0.2, 0.25) is 0 Å². The summed E-state index contributed by atoms with van der Waals surface area (Å²) in [4.78, 5) is 11.2. The number of fused-ring (bicyclic) bond motifs is 1. The van der Waals surface area contributed by atoms with Crippen molar-refractivity contribution >= 4 is 15.1 Å². The summed E-state index contributed by atoms with van der Waals surface area (Å²) in [6.45, 7) is 4.78. The van der Waals surface area contributed by atoms with E-state index in [0.717, 1.165) is 19.4 Å². The van der Waals surface area contributed by atoms with Crippen LogP contribution >= 0.6 is 9.24 Å². The molecule has 0 aromatic carbocycles. The van der Waals surface area contributed by atoms with Crippen LogP contribution in [-0.2, 0) is 4.79 Å². The Labute approximate surface area is 138 Å². The number of hydrogen-bond acceptors (Lipinski definition) is 1. The molecule has 1 aliphatic carbocycles. The van der Waals surface area contributed by atoms with E-state index in [-0.39, 0.29) is 70.0 Å². The molecule has 0 radical (unpaired) electrons. The van der Waals surface area contributed by atoms with E-state index in [1.807, 2.05) is 13.8 Å². The first kappa shape index (κ1) is 15.7. The summed E-state index contributed by atoms with van der Waals surface area (Å²) in [5.74, 6) is 1.11. The fraction of sp³-hybridized carbons (Fsp3) is 0.900. The van der Waals surface area contributed by atoms with Gasteiger partial charge in [0, 0.05) is 5.92 Å². The van der Waals surface area contributed by atoms with Gasteiger partial charge in [-0.05, 0) is 24.4 Å². The number of carbonyl (C=O) groups is 1. The Hall–Kier alpha value is 1.71. The van der Waals surface area contributed by atoms with Crippen LogP contribution in [0.15, 0.2) is 0 Å². The van der Waals surface area contributed by atoms with Crippen molar-refractivity contribution in [1.29, 1.82) is 0 Å². The van der Waals surface area contributed by atoms with Gasteiger partial charge in [-0.15, -0.1) is 15.8 Å². The molecule has 4 atom stereocenters. The first-order chi connectivity index (χ1) is 6.27. The Morgan fingerprint density at radius 2 is 2.00 bits per heavy atom. The molecule has 0 aromatic heterocycles. The minimum Gasteiger partial charge on any atom is -0.653 e. The van der Waals surface area contributed by atoms with Crippen LogP contribution in [0.4, 0.5) is 0 Å². The van der Waals surface area contributed by atoms with E-state index in [2.05, 4.69) is 14.6 Å². The van der Waals surface area contributed by atoms with Crippen molar-refractivity contribution in [2.45, 2.75) is 38.8 Å². The molecule has 2 nitrogen and oxygen atoms in total. The van der Waals surface area contributed by atoms with Gasteiger partial charge in [-0.2, -0.15) is 0 Å². The van der Waals surface area contributed by atoms with E-state index in [0.29, 0.717) is 11.6 Å². The third-order valence-electron chi connectivity index (χ3n) is 2.82. The molecule has 1 amide bonds. The van der Waals surface area contributed by atoms with Crippen molar-refractivity contribution in [3.63, 3.8) is 0 Å². The second kappa shape index (κ2) is 7.89. The van der Waals surface area contributed by atoms with Crippen LogP contribution in [0.5, 0.6) is 0 Å². The summed E-state index contributed by atoms with van der Waals surface area (Å²) >= 11 is 0. The third-order valence-corrected chi connectivity index (χ3v) is 3.36. The summed E-state index contributed by atoms with van der Waals surface area (Å²) in [6.07, 6.45) is 3.41. The quantitative estimate of drug-likeness (QED) is 0.557. The van der Waals surface area contributed by atoms with Crippen molar-refractivity contribution in [3.05, 3.63) is 5.32 Å². The number of hydrogen-bond donors (Lipinski definition) is 0. The van der Waals surface area contributed by atoms with Crippen LogP contribution in [0.1, 0.15) is 33.1 Å². The zero-order valence-corrected chi connectivity index (χ0v) is 15.6. The molecular weight excluding hydrogens is 267 g/mol. The smallest absolute Gasteiger partial charge is 0.653 e. The second-order valence-corrected chi connectivity index (χ2v) is 4.55. The molecule has 2 aliphatic rings. The van der Waals surface area contributed by atoms with Crippen molar-refractivity contribution in [3.8, 4) is 0 Å². The molecule has 0 N–H and O–H groups in total. The normalized spacial score (nSPS) is 34.5. The van der Waals surface area contributed by atoms with Crippen molar-refractivity contribution < 1.29 is 63.0 Å². The van der Waals surface area contributed by atoms with Gasteiger partial charge in [0.15, 0.2) is 0 Å². The second-order valence-electron chi connectivity index (χ2n) is 3.61. The molecule has 76 valence electrons. The number of piperidine rings is 1. The molecule has 1 saturated heterocycles. The molecule has 1 heterocycles. The topological polar surface area (TPSA) is 31.2 Å². The monoisotopic (exact) mass is 285 g/mol. The van der Waals surface area contributed by atoms with Crippen LogP contribution in [0, 0.1) is 11.8 Å². The standard InChI is InChI=1S/C8H14NOP.C2H6.Rb/c10-8-7-4-6(11)3-5(7)1-2-9-8;1-2;/h5-7H,1-4,11H2,(H,9,10);1-2H3;/q;;+1/p-1. The Balaban J connectivity index is 0.000000531. The van der Waals surface area contributed by atoms with Crippen LogP contribution in [0.2, 0.25) is 0 Å². The molecule has 2 rings (SSSR count). The number of nitrogens with zero attached hydrogens (tertiary/aromatic N) is 1. The largest absolute Gasteiger partial charge is 1.00 e. The maximum Gasteiger partial charge on any atom is 1.00 e. The first-order valence-corrected chi connectivity index (χ1v) is 5.91. The van der Waals surface area contributed by atoms with Crippen LogP contribution in [0.3, 0.4) is 0 Å². The SMILES string of the molecule is CC.O=C1[N-]CCC2CC(P)CC12.[Rb+]. The van der Waals surface area contributed by atoms with Crippen molar-refractivity contribution in [2.75, 3.05) is 6.54 Å². The maximum atomic E-state index is 11.2. The van der Waals surface area contributed by atoms with Gasteiger partial charge >= 0.3 is 58.2 Å². The zero-order valence-electron chi connectivity index (χ0n) is 9.49. The van der Waals surface area contributed by atoms with Gasteiger partial charge in [0.25, 0.3) is 0 Å². The summed E-state index contributed by atoms with van der Waals surface area (Å²) in [5, 5.41) is 3.96. The average molecular weight is 286 g/mol. The molecule has 1 aliphatic heterocycles. The Morgan fingerprint density at radius 1 is 1.36 bits per heavy atom. The maximum absolute atomic E-state index is 11.2. The van der Waals surface area contributed by atoms with Gasteiger partial charge in [0.1, 0.15) is 0 Å². The molecule has 14 heavy (non-hydrogen) atoms. The first-order valence-electron chi connectivity index (χ1n) is 5.24. The molecule has 2 fully saturated rings. The van der Waals surface area contributed by atoms with Crippen molar-refractivity contribution in [2.24, 2.45) is 11.8 Å². The average Bonchev–Trinajstić information content (AvgIpc) is 2.51. The number of rotatable bonds is 0. The summed E-state index contributed by atoms with van der Waals surface area (Å²) < 4.78 is 0. The predicted molar refractivity (Wildman–Crippen MR) is 58.9 cm³/mol. The summed E-state index contributed by atoms with van der Waals surface area (Å²) in [7, 11) is 2.83. The van der Waals surface area contributed by atoms with Crippen molar-refractivity contribution in [1.82, 2.24) is 0 Å². The Morgan fingerprint density at radius 3 is 2.57 bits per heavy atom. The van der Waals surface area contributed by atoms with E-state index in [9.17, 15) is 4.79 Å². The van der Waals surface area contributed by atoms with E-state index in [4.69, 9.17) is 0 Å². The Bertz CT molecular complexity index is 189. The van der Waals surface area contributed by atoms with Gasteiger partial charge in [0.05, 0.1) is 5.91 Å². The number of carbonyl (C=O) groups excluding carboxylic acids is 1. The molecule has 1 saturated carbocycles. The summed E-state index contributed by atoms with van der Waals surface area (Å²) in [6, 6.07) is 0.